The van der Waals surface area contributed by atoms with E-state index < -0.39 is 0 Å². The molecule has 1 unspecified atom stereocenters. The summed E-state index contributed by atoms with van der Waals surface area (Å²) in [6.45, 7) is 6.45. The molecule has 106 valence electrons. The van der Waals surface area contributed by atoms with Gasteiger partial charge in [-0.1, -0.05) is 47.8 Å². The van der Waals surface area contributed by atoms with E-state index in [1.54, 1.807) is 0 Å². The van der Waals surface area contributed by atoms with Gasteiger partial charge in [-0.2, -0.15) is 0 Å². The molecule has 0 N–H and O–H groups in total. The molecule has 1 aliphatic carbocycles. The number of hydrogen-bond acceptors (Lipinski definition) is 1. The minimum atomic E-state index is 0.238. The quantitative estimate of drug-likeness (QED) is 0.614. The highest BCUT2D eigenvalue weighted by Crippen LogP contribution is 2.54. The Morgan fingerprint density at radius 2 is 1.74 bits per heavy atom. The predicted molar refractivity (Wildman–Crippen MR) is 85.1 cm³/mol. The fourth-order valence-corrected chi connectivity index (χ4v) is 4.29. The number of hydrogen-bond donors (Lipinski definition) is 0. The van der Waals surface area contributed by atoms with E-state index in [0.29, 0.717) is 10.2 Å². The predicted octanol–water partition coefficient (Wildman–Crippen LogP) is 5.88. The average molecular weight is 325 g/mol. The van der Waals surface area contributed by atoms with E-state index in [1.165, 1.54) is 37.7 Å². The number of halogens is 1. The van der Waals surface area contributed by atoms with Crippen LogP contribution >= 0.6 is 15.9 Å². The first-order valence-corrected chi connectivity index (χ1v) is 8.39. The molecule has 19 heavy (non-hydrogen) atoms. The van der Waals surface area contributed by atoms with E-state index in [0.717, 1.165) is 5.75 Å². The smallest absolute Gasteiger partial charge is 0.119 e. The van der Waals surface area contributed by atoms with Crippen molar-refractivity contribution < 1.29 is 4.74 Å². The SMILES string of the molecule is CCC1(C(Br)c2ccc(OC(C)C)cc2)CCCC1. The summed E-state index contributed by atoms with van der Waals surface area (Å²) >= 11 is 3.96. The number of benzene rings is 1. The molecule has 1 fully saturated rings. The Morgan fingerprint density at radius 1 is 1.16 bits per heavy atom. The Kier molecular flexibility index (Phi) is 4.94. The van der Waals surface area contributed by atoms with Crippen LogP contribution in [0.4, 0.5) is 0 Å². The van der Waals surface area contributed by atoms with Crippen LogP contribution < -0.4 is 4.74 Å². The number of rotatable bonds is 5. The Bertz CT molecular complexity index is 390. The fraction of sp³-hybridized carbons (Fsp3) is 0.647. The maximum atomic E-state index is 5.71. The molecule has 2 rings (SSSR count). The average Bonchev–Trinajstić information content (AvgIpc) is 2.88. The summed E-state index contributed by atoms with van der Waals surface area (Å²) < 4.78 is 5.71. The normalized spacial score (nSPS) is 19.6. The van der Waals surface area contributed by atoms with Crippen molar-refractivity contribution in [2.45, 2.75) is 63.8 Å². The zero-order valence-electron chi connectivity index (χ0n) is 12.3. The van der Waals surface area contributed by atoms with Crippen LogP contribution in [0.5, 0.6) is 5.75 Å². The summed E-state index contributed by atoms with van der Waals surface area (Å²) in [5.41, 5.74) is 1.85. The molecular formula is C17H25BrO. The molecule has 0 spiro atoms. The lowest BCUT2D eigenvalue weighted by Crippen LogP contribution is -2.21. The first kappa shape index (κ1) is 14.9. The van der Waals surface area contributed by atoms with Gasteiger partial charge in [-0.05, 0) is 56.2 Å². The second-order valence-electron chi connectivity index (χ2n) is 6.02. The van der Waals surface area contributed by atoms with Crippen molar-refractivity contribution in [1.82, 2.24) is 0 Å². The third-order valence-electron chi connectivity index (χ3n) is 4.39. The van der Waals surface area contributed by atoms with Crippen molar-refractivity contribution in [3.05, 3.63) is 29.8 Å². The van der Waals surface area contributed by atoms with Gasteiger partial charge >= 0.3 is 0 Å². The van der Waals surface area contributed by atoms with Crippen LogP contribution in [0.2, 0.25) is 0 Å². The van der Waals surface area contributed by atoms with Crippen LogP contribution in [0.25, 0.3) is 0 Å². The molecule has 0 bridgehead atoms. The van der Waals surface area contributed by atoms with Gasteiger partial charge in [0.25, 0.3) is 0 Å². The van der Waals surface area contributed by atoms with Gasteiger partial charge in [-0.15, -0.1) is 0 Å². The maximum absolute atomic E-state index is 5.71. The van der Waals surface area contributed by atoms with Crippen LogP contribution in [0, 0.1) is 5.41 Å². The zero-order valence-corrected chi connectivity index (χ0v) is 13.9. The van der Waals surface area contributed by atoms with Gasteiger partial charge in [-0.25, -0.2) is 0 Å². The highest BCUT2D eigenvalue weighted by molar-refractivity contribution is 9.09. The minimum absolute atomic E-state index is 0.238. The van der Waals surface area contributed by atoms with Crippen LogP contribution in [0.1, 0.15) is 63.3 Å². The first-order chi connectivity index (χ1) is 9.07. The topological polar surface area (TPSA) is 9.23 Å². The summed E-state index contributed by atoms with van der Waals surface area (Å²) in [6.07, 6.45) is 6.96. The van der Waals surface area contributed by atoms with Crippen molar-refractivity contribution in [2.24, 2.45) is 5.41 Å². The molecule has 1 atom stereocenters. The number of ether oxygens (including phenoxy) is 1. The molecule has 1 nitrogen and oxygen atoms in total. The lowest BCUT2D eigenvalue weighted by molar-refractivity contribution is 0.242. The van der Waals surface area contributed by atoms with Gasteiger partial charge in [0.2, 0.25) is 0 Å². The minimum Gasteiger partial charge on any atom is -0.491 e. The van der Waals surface area contributed by atoms with Crippen LogP contribution in [-0.2, 0) is 0 Å². The third kappa shape index (κ3) is 3.34. The second kappa shape index (κ2) is 6.30. The molecule has 0 saturated heterocycles. The van der Waals surface area contributed by atoms with Crippen LogP contribution in [0.15, 0.2) is 24.3 Å². The summed E-state index contributed by atoms with van der Waals surface area (Å²) in [4.78, 5) is 0.473. The van der Waals surface area contributed by atoms with Crippen LogP contribution in [0.3, 0.4) is 0 Å². The summed E-state index contributed by atoms with van der Waals surface area (Å²) in [6, 6.07) is 8.63. The van der Waals surface area contributed by atoms with Crippen molar-refractivity contribution >= 4 is 15.9 Å². The lowest BCUT2D eigenvalue weighted by Gasteiger charge is -2.33. The van der Waals surface area contributed by atoms with Gasteiger partial charge in [0.15, 0.2) is 0 Å². The largest absolute Gasteiger partial charge is 0.491 e. The van der Waals surface area contributed by atoms with E-state index in [-0.39, 0.29) is 6.10 Å². The summed E-state index contributed by atoms with van der Waals surface area (Å²) in [7, 11) is 0. The van der Waals surface area contributed by atoms with E-state index in [2.05, 4.69) is 61.0 Å². The highest BCUT2D eigenvalue weighted by Gasteiger charge is 2.39. The second-order valence-corrected chi connectivity index (χ2v) is 6.94. The lowest BCUT2D eigenvalue weighted by atomic mass is 9.77. The Morgan fingerprint density at radius 3 is 2.21 bits per heavy atom. The van der Waals surface area contributed by atoms with E-state index >= 15 is 0 Å². The van der Waals surface area contributed by atoms with Crippen molar-refractivity contribution in [1.29, 1.82) is 0 Å². The highest BCUT2D eigenvalue weighted by atomic mass is 79.9. The molecule has 0 radical (unpaired) electrons. The third-order valence-corrected chi connectivity index (χ3v) is 5.89. The molecular weight excluding hydrogens is 300 g/mol. The molecule has 0 aliphatic heterocycles. The summed E-state index contributed by atoms with van der Waals surface area (Å²) in [5, 5.41) is 0. The molecule has 1 aromatic carbocycles. The molecule has 1 aliphatic rings. The van der Waals surface area contributed by atoms with Gasteiger partial charge < -0.3 is 4.74 Å². The monoisotopic (exact) mass is 324 g/mol. The molecule has 1 saturated carbocycles. The van der Waals surface area contributed by atoms with E-state index in [9.17, 15) is 0 Å². The fourth-order valence-electron chi connectivity index (χ4n) is 3.21. The van der Waals surface area contributed by atoms with Gasteiger partial charge in [0.1, 0.15) is 5.75 Å². The Balaban J connectivity index is 2.12. The van der Waals surface area contributed by atoms with Crippen molar-refractivity contribution in [3.63, 3.8) is 0 Å². The summed E-state index contributed by atoms with van der Waals surface area (Å²) in [5.74, 6) is 0.968. The van der Waals surface area contributed by atoms with Crippen molar-refractivity contribution in [3.8, 4) is 5.75 Å². The van der Waals surface area contributed by atoms with Gasteiger partial charge in [0, 0.05) is 4.83 Å². The first-order valence-electron chi connectivity index (χ1n) is 7.48. The standard InChI is InChI=1S/C17H25BrO/c1-4-17(11-5-6-12-17)16(18)14-7-9-15(10-8-14)19-13(2)3/h7-10,13,16H,4-6,11-12H2,1-3H3. The molecule has 1 aromatic rings. The van der Waals surface area contributed by atoms with Gasteiger partial charge in [0.05, 0.1) is 6.10 Å². The molecule has 0 amide bonds. The molecule has 2 heteroatoms. The molecule has 0 heterocycles. The van der Waals surface area contributed by atoms with E-state index in [4.69, 9.17) is 4.74 Å². The van der Waals surface area contributed by atoms with Crippen LogP contribution in [-0.4, -0.2) is 6.10 Å². The Labute approximate surface area is 125 Å². The maximum Gasteiger partial charge on any atom is 0.119 e. The number of alkyl halides is 1. The Hall–Kier alpha value is -0.500. The molecule has 0 aromatic heterocycles. The van der Waals surface area contributed by atoms with Crippen molar-refractivity contribution in [2.75, 3.05) is 0 Å². The zero-order chi connectivity index (χ0) is 13.9. The van der Waals surface area contributed by atoms with Gasteiger partial charge in [-0.3, -0.25) is 0 Å². The van der Waals surface area contributed by atoms with E-state index in [1.807, 2.05) is 0 Å².